The van der Waals surface area contributed by atoms with E-state index < -0.39 is 0 Å². The van der Waals surface area contributed by atoms with Crippen LogP contribution in [0.5, 0.6) is 0 Å². The number of aromatic nitrogens is 2. The van der Waals surface area contributed by atoms with E-state index in [2.05, 4.69) is 14.9 Å². The molecule has 1 saturated carbocycles. The lowest BCUT2D eigenvalue weighted by molar-refractivity contribution is -0.141. The van der Waals surface area contributed by atoms with Crippen LogP contribution in [0.15, 0.2) is 18.5 Å². The van der Waals surface area contributed by atoms with E-state index >= 15 is 0 Å². The average Bonchev–Trinajstić information content (AvgIpc) is 3.31. The average molecular weight is 377 g/mol. The SMILES string of the molecule is O=C(N1CC[C@H](N2CCOCC2)[C@H](CCCO)C1)C1(Cn2cccn2)CC1. The van der Waals surface area contributed by atoms with Gasteiger partial charge in [-0.05, 0) is 44.1 Å². The predicted octanol–water partition coefficient (Wildman–Crippen LogP) is 0.985. The molecule has 4 rings (SSSR count). The molecule has 0 spiro atoms. The highest BCUT2D eigenvalue weighted by molar-refractivity contribution is 5.85. The fourth-order valence-electron chi connectivity index (χ4n) is 4.86. The van der Waals surface area contributed by atoms with Crippen LogP contribution < -0.4 is 0 Å². The van der Waals surface area contributed by atoms with Gasteiger partial charge in [-0.1, -0.05) is 0 Å². The summed E-state index contributed by atoms with van der Waals surface area (Å²) in [4.78, 5) is 18.0. The number of aliphatic hydroxyl groups excluding tert-OH is 1. The summed E-state index contributed by atoms with van der Waals surface area (Å²) in [7, 11) is 0. The molecule has 3 fully saturated rings. The van der Waals surface area contributed by atoms with Crippen LogP contribution in [0.4, 0.5) is 0 Å². The van der Waals surface area contributed by atoms with E-state index in [9.17, 15) is 9.90 Å². The van der Waals surface area contributed by atoms with E-state index in [0.717, 1.165) is 71.5 Å². The molecule has 3 heterocycles. The molecule has 0 radical (unpaired) electrons. The summed E-state index contributed by atoms with van der Waals surface area (Å²) in [5, 5.41) is 13.6. The molecule has 1 N–H and O–H groups in total. The Hall–Kier alpha value is -1.44. The summed E-state index contributed by atoms with van der Waals surface area (Å²) < 4.78 is 7.41. The molecule has 7 heteroatoms. The number of piperidine rings is 1. The molecule has 0 unspecified atom stereocenters. The van der Waals surface area contributed by atoms with Gasteiger partial charge in [-0.2, -0.15) is 5.10 Å². The number of aliphatic hydroxyl groups is 1. The van der Waals surface area contributed by atoms with E-state index in [1.54, 1.807) is 6.20 Å². The van der Waals surface area contributed by atoms with Gasteiger partial charge in [-0.3, -0.25) is 14.4 Å². The van der Waals surface area contributed by atoms with Crippen LogP contribution in [0.25, 0.3) is 0 Å². The van der Waals surface area contributed by atoms with Crippen LogP contribution in [-0.4, -0.2) is 82.6 Å². The first-order valence-electron chi connectivity index (χ1n) is 10.4. The molecule has 27 heavy (non-hydrogen) atoms. The van der Waals surface area contributed by atoms with E-state index in [0.29, 0.717) is 24.4 Å². The quantitative estimate of drug-likeness (QED) is 0.768. The molecule has 150 valence electrons. The number of carbonyl (C=O) groups is 1. The van der Waals surface area contributed by atoms with Crippen LogP contribution >= 0.6 is 0 Å². The van der Waals surface area contributed by atoms with Crippen molar-refractivity contribution < 1.29 is 14.6 Å². The van der Waals surface area contributed by atoms with Gasteiger partial charge in [0.15, 0.2) is 0 Å². The van der Waals surface area contributed by atoms with Crippen molar-refractivity contribution in [3.8, 4) is 0 Å². The molecule has 3 aliphatic rings. The highest BCUT2D eigenvalue weighted by Crippen LogP contribution is 2.49. The molecular weight excluding hydrogens is 344 g/mol. The van der Waals surface area contributed by atoms with Crippen LogP contribution in [0.2, 0.25) is 0 Å². The van der Waals surface area contributed by atoms with Crippen molar-refractivity contribution in [1.29, 1.82) is 0 Å². The largest absolute Gasteiger partial charge is 0.396 e. The molecule has 0 bridgehead atoms. The Morgan fingerprint density at radius 1 is 1.26 bits per heavy atom. The lowest BCUT2D eigenvalue weighted by Gasteiger charge is -2.46. The second-order valence-electron chi connectivity index (χ2n) is 8.37. The van der Waals surface area contributed by atoms with Crippen LogP contribution in [-0.2, 0) is 16.1 Å². The molecule has 2 atom stereocenters. The minimum absolute atomic E-state index is 0.226. The summed E-state index contributed by atoms with van der Waals surface area (Å²) in [5.41, 5.74) is -0.237. The lowest BCUT2D eigenvalue weighted by atomic mass is 9.86. The number of likely N-dealkylation sites (tertiary alicyclic amines) is 1. The number of hydrogen-bond donors (Lipinski definition) is 1. The molecule has 1 aliphatic carbocycles. The number of morpholine rings is 1. The van der Waals surface area contributed by atoms with E-state index in [4.69, 9.17) is 4.74 Å². The lowest BCUT2D eigenvalue weighted by Crippen LogP contribution is -2.56. The zero-order valence-corrected chi connectivity index (χ0v) is 16.1. The van der Waals surface area contributed by atoms with Gasteiger partial charge in [0.05, 0.1) is 25.2 Å². The van der Waals surface area contributed by atoms with Crippen molar-refractivity contribution in [2.45, 2.75) is 44.7 Å². The smallest absolute Gasteiger partial charge is 0.230 e. The van der Waals surface area contributed by atoms with Crippen LogP contribution in [0, 0.1) is 11.3 Å². The zero-order valence-electron chi connectivity index (χ0n) is 16.1. The third-order valence-electron chi connectivity index (χ3n) is 6.56. The fraction of sp³-hybridized carbons (Fsp3) is 0.800. The Kier molecular flexibility index (Phi) is 5.80. The van der Waals surface area contributed by atoms with Gasteiger partial charge in [-0.15, -0.1) is 0 Å². The van der Waals surface area contributed by atoms with Gasteiger partial charge in [0, 0.05) is 51.2 Å². The molecule has 1 aromatic rings. The molecule has 1 aromatic heterocycles. The maximum atomic E-state index is 13.3. The van der Waals surface area contributed by atoms with E-state index in [1.807, 2.05) is 16.9 Å². The first kappa shape index (κ1) is 18.9. The highest BCUT2D eigenvalue weighted by Gasteiger charge is 2.53. The third-order valence-corrected chi connectivity index (χ3v) is 6.56. The Morgan fingerprint density at radius 3 is 2.74 bits per heavy atom. The molecular formula is C20H32N4O3. The first-order chi connectivity index (χ1) is 13.2. The van der Waals surface area contributed by atoms with Gasteiger partial charge >= 0.3 is 0 Å². The van der Waals surface area contributed by atoms with Gasteiger partial charge in [0.25, 0.3) is 0 Å². The normalized spacial score (nSPS) is 28.3. The summed E-state index contributed by atoms with van der Waals surface area (Å²) >= 11 is 0. The number of amides is 1. The highest BCUT2D eigenvalue weighted by atomic mass is 16.5. The van der Waals surface area contributed by atoms with Gasteiger partial charge < -0.3 is 14.7 Å². The minimum Gasteiger partial charge on any atom is -0.396 e. The van der Waals surface area contributed by atoms with Gasteiger partial charge in [-0.25, -0.2) is 0 Å². The Labute approximate surface area is 161 Å². The van der Waals surface area contributed by atoms with Gasteiger partial charge in [0.1, 0.15) is 0 Å². The first-order valence-corrected chi connectivity index (χ1v) is 10.4. The summed E-state index contributed by atoms with van der Waals surface area (Å²) in [6, 6.07) is 2.42. The molecule has 2 saturated heterocycles. The van der Waals surface area contributed by atoms with Gasteiger partial charge in [0.2, 0.25) is 5.91 Å². The monoisotopic (exact) mass is 376 g/mol. The van der Waals surface area contributed by atoms with E-state index in [1.165, 1.54) is 0 Å². The second kappa shape index (κ2) is 8.29. The topological polar surface area (TPSA) is 70.8 Å². The van der Waals surface area contributed by atoms with Crippen LogP contribution in [0.1, 0.15) is 32.1 Å². The summed E-state index contributed by atoms with van der Waals surface area (Å²) in [5.74, 6) is 0.751. The van der Waals surface area contributed by atoms with E-state index in [-0.39, 0.29) is 12.0 Å². The molecule has 2 aliphatic heterocycles. The number of rotatable bonds is 7. The number of ether oxygens (including phenoxy) is 1. The standard InChI is InChI=1S/C20H32N4O3/c25-12-1-3-17-15-23(9-4-18(17)22-10-13-27-14-11-22)19(26)20(5-6-20)16-24-8-2-7-21-24/h2,7-8,17-18,25H,1,3-6,9-16H2/t17-,18+/m1/s1. The number of carbonyl (C=O) groups excluding carboxylic acids is 1. The zero-order chi connectivity index (χ0) is 18.7. The number of hydrogen-bond acceptors (Lipinski definition) is 5. The van der Waals surface area contributed by atoms with Crippen molar-refractivity contribution in [2.75, 3.05) is 46.0 Å². The maximum absolute atomic E-state index is 13.3. The molecule has 0 aromatic carbocycles. The summed E-state index contributed by atoms with van der Waals surface area (Å²) in [6.07, 6.45) is 8.48. The minimum atomic E-state index is -0.237. The van der Waals surface area contributed by atoms with Crippen molar-refractivity contribution >= 4 is 5.91 Å². The molecule has 1 amide bonds. The number of nitrogens with zero attached hydrogens (tertiary/aromatic N) is 4. The third kappa shape index (κ3) is 4.20. The van der Waals surface area contributed by atoms with Crippen molar-refractivity contribution in [3.63, 3.8) is 0 Å². The fourth-order valence-corrected chi connectivity index (χ4v) is 4.86. The molecule has 7 nitrogen and oxygen atoms in total. The van der Waals surface area contributed by atoms with Crippen molar-refractivity contribution in [3.05, 3.63) is 18.5 Å². The van der Waals surface area contributed by atoms with Crippen molar-refractivity contribution in [1.82, 2.24) is 19.6 Å². The predicted molar refractivity (Wildman–Crippen MR) is 101 cm³/mol. The second-order valence-corrected chi connectivity index (χ2v) is 8.37. The Bertz CT molecular complexity index is 611. The van der Waals surface area contributed by atoms with Crippen molar-refractivity contribution in [2.24, 2.45) is 11.3 Å². The Morgan fingerprint density at radius 2 is 2.07 bits per heavy atom. The maximum Gasteiger partial charge on any atom is 0.230 e. The summed E-state index contributed by atoms with van der Waals surface area (Å²) in [6.45, 7) is 6.17. The van der Waals surface area contributed by atoms with Crippen LogP contribution in [0.3, 0.4) is 0 Å². The Balaban J connectivity index is 1.41.